The van der Waals surface area contributed by atoms with E-state index >= 15 is 0 Å². The summed E-state index contributed by atoms with van der Waals surface area (Å²) in [6, 6.07) is 7.08. The largest absolute Gasteiger partial charge is 0.493 e. The minimum atomic E-state index is -0.690. The van der Waals surface area contributed by atoms with Crippen molar-refractivity contribution in [2.45, 2.75) is 13.1 Å². The van der Waals surface area contributed by atoms with Gasteiger partial charge in [0.05, 0.1) is 26.8 Å². The molecule has 0 spiro atoms. The second kappa shape index (κ2) is 8.30. The van der Waals surface area contributed by atoms with Gasteiger partial charge in [0.1, 0.15) is 6.54 Å². The Kier molecular flexibility index (Phi) is 5.62. The molecule has 9 nitrogen and oxygen atoms in total. The average molecular weight is 403 g/mol. The van der Waals surface area contributed by atoms with Crippen LogP contribution in [0.1, 0.15) is 11.4 Å². The van der Waals surface area contributed by atoms with Gasteiger partial charge in [-0.25, -0.2) is 14.3 Å². The van der Waals surface area contributed by atoms with Gasteiger partial charge >= 0.3 is 5.69 Å². The van der Waals surface area contributed by atoms with Crippen LogP contribution in [0.4, 0.5) is 0 Å². The number of imidazole rings is 1. The normalized spacial score (nSPS) is 10.0. The molecule has 0 atom stereocenters. The zero-order chi connectivity index (χ0) is 21.8. The summed E-state index contributed by atoms with van der Waals surface area (Å²) in [6.07, 6.45) is 5.28. The van der Waals surface area contributed by atoms with E-state index in [0.29, 0.717) is 17.1 Å². The lowest BCUT2D eigenvalue weighted by atomic mass is 10.2. The van der Waals surface area contributed by atoms with E-state index in [9.17, 15) is 9.59 Å². The molecule has 2 heterocycles. The number of methoxy groups -OCH3 is 2. The number of aromatic nitrogens is 4. The number of terminal acetylenes is 1. The van der Waals surface area contributed by atoms with Crippen molar-refractivity contribution in [3.05, 3.63) is 50.4 Å². The molecule has 9 heteroatoms. The Morgan fingerprint density at radius 1 is 1.10 bits per heavy atom. The number of benzene rings is 1. The zero-order valence-electron chi connectivity index (χ0n) is 16.6. The molecule has 0 saturated heterocycles. The lowest BCUT2D eigenvalue weighted by Gasteiger charge is -2.06. The molecule has 0 bridgehead atoms. The molecule has 0 fully saturated rings. The van der Waals surface area contributed by atoms with Gasteiger partial charge in [0.25, 0.3) is 5.56 Å². The Hall–Kier alpha value is -4.42. The highest BCUT2D eigenvalue weighted by molar-refractivity contribution is 5.72. The Labute approximate surface area is 171 Å². The van der Waals surface area contributed by atoms with Gasteiger partial charge in [0.2, 0.25) is 0 Å². The van der Waals surface area contributed by atoms with Crippen molar-refractivity contribution in [1.29, 1.82) is 5.26 Å². The van der Waals surface area contributed by atoms with Crippen molar-refractivity contribution >= 4 is 11.2 Å². The number of aryl methyl sites for hydroxylation is 1. The summed E-state index contributed by atoms with van der Waals surface area (Å²) < 4.78 is 14.0. The number of ether oxygens (including phenoxy) is 2. The summed E-state index contributed by atoms with van der Waals surface area (Å²) in [7, 11) is 4.67. The summed E-state index contributed by atoms with van der Waals surface area (Å²) >= 11 is 0. The topological polar surface area (TPSA) is 104 Å². The Morgan fingerprint density at radius 2 is 1.83 bits per heavy atom. The molecule has 0 aliphatic carbocycles. The molecule has 0 unspecified atom stereocenters. The van der Waals surface area contributed by atoms with E-state index in [-0.39, 0.29) is 30.1 Å². The second-order valence-corrected chi connectivity index (χ2v) is 6.11. The van der Waals surface area contributed by atoms with E-state index in [1.807, 2.05) is 6.07 Å². The minimum Gasteiger partial charge on any atom is -0.493 e. The van der Waals surface area contributed by atoms with Crippen LogP contribution in [0, 0.1) is 35.5 Å². The van der Waals surface area contributed by atoms with Crippen LogP contribution in [-0.2, 0) is 20.1 Å². The molecule has 0 amide bonds. The van der Waals surface area contributed by atoms with Gasteiger partial charge in [-0.3, -0.25) is 9.36 Å². The Balaban J connectivity index is 2.21. The van der Waals surface area contributed by atoms with Crippen LogP contribution in [0.3, 0.4) is 0 Å². The maximum atomic E-state index is 12.8. The van der Waals surface area contributed by atoms with E-state index in [2.05, 4.69) is 22.7 Å². The van der Waals surface area contributed by atoms with Crippen LogP contribution < -0.4 is 20.7 Å². The molecule has 1 aromatic carbocycles. The van der Waals surface area contributed by atoms with Gasteiger partial charge in [-0.2, -0.15) is 5.26 Å². The molecule has 0 saturated carbocycles. The Morgan fingerprint density at radius 3 is 2.47 bits per heavy atom. The van der Waals surface area contributed by atoms with E-state index in [1.54, 1.807) is 25.2 Å². The first-order valence-electron chi connectivity index (χ1n) is 8.71. The van der Waals surface area contributed by atoms with Crippen LogP contribution in [0.5, 0.6) is 11.5 Å². The maximum Gasteiger partial charge on any atom is 0.334 e. The van der Waals surface area contributed by atoms with Crippen LogP contribution in [-0.4, -0.2) is 32.9 Å². The number of rotatable bonds is 4. The van der Waals surface area contributed by atoms with Gasteiger partial charge in [-0.05, 0) is 24.1 Å². The fraction of sp³-hybridized carbons (Fsp3) is 0.238. The molecule has 0 aliphatic heterocycles. The number of hydrogen-bond donors (Lipinski definition) is 0. The van der Waals surface area contributed by atoms with Crippen LogP contribution >= 0.6 is 0 Å². The van der Waals surface area contributed by atoms with E-state index < -0.39 is 11.2 Å². The van der Waals surface area contributed by atoms with Crippen LogP contribution in [0.15, 0.2) is 27.8 Å². The molecule has 3 rings (SSSR count). The highest BCUT2D eigenvalue weighted by atomic mass is 16.5. The lowest BCUT2D eigenvalue weighted by Crippen LogP contribution is -2.40. The van der Waals surface area contributed by atoms with Crippen molar-refractivity contribution in [3.8, 4) is 41.8 Å². The second-order valence-electron chi connectivity index (χ2n) is 6.11. The predicted molar refractivity (Wildman–Crippen MR) is 109 cm³/mol. The van der Waals surface area contributed by atoms with Crippen molar-refractivity contribution in [1.82, 2.24) is 18.7 Å². The summed E-state index contributed by atoms with van der Waals surface area (Å²) in [4.78, 5) is 29.7. The summed E-state index contributed by atoms with van der Waals surface area (Å²) in [5.41, 5.74) is -0.421. The first-order valence-corrected chi connectivity index (χ1v) is 8.71. The lowest BCUT2D eigenvalue weighted by molar-refractivity contribution is 0.355. The van der Waals surface area contributed by atoms with E-state index in [4.69, 9.17) is 21.2 Å². The molecule has 0 radical (unpaired) electrons. The number of nitrogens with zero attached hydrogens (tertiary/aromatic N) is 5. The fourth-order valence-electron chi connectivity index (χ4n) is 2.96. The zero-order valence-corrected chi connectivity index (χ0v) is 16.6. The molecular weight excluding hydrogens is 386 g/mol. The number of nitriles is 1. The summed E-state index contributed by atoms with van der Waals surface area (Å²) in [5, 5.41) is 9.09. The van der Waals surface area contributed by atoms with Crippen molar-refractivity contribution in [3.63, 3.8) is 0 Å². The molecule has 150 valence electrons. The van der Waals surface area contributed by atoms with Gasteiger partial charge in [-0.1, -0.05) is 11.8 Å². The molecule has 2 aromatic heterocycles. The van der Waals surface area contributed by atoms with Crippen LogP contribution in [0.25, 0.3) is 11.2 Å². The third-order valence-corrected chi connectivity index (χ3v) is 4.42. The molecular formula is C21H17N5O4. The van der Waals surface area contributed by atoms with E-state index in [0.717, 1.165) is 9.13 Å². The Bertz CT molecular complexity index is 1400. The van der Waals surface area contributed by atoms with Gasteiger partial charge in [0, 0.05) is 12.6 Å². The van der Waals surface area contributed by atoms with Gasteiger partial charge < -0.3 is 14.0 Å². The van der Waals surface area contributed by atoms with Crippen molar-refractivity contribution in [2.24, 2.45) is 7.05 Å². The van der Waals surface area contributed by atoms with Crippen LogP contribution in [0.2, 0.25) is 0 Å². The molecule has 30 heavy (non-hydrogen) atoms. The number of fused-ring (bicyclic) bond motifs is 1. The van der Waals surface area contributed by atoms with Crippen molar-refractivity contribution in [2.75, 3.05) is 14.2 Å². The monoisotopic (exact) mass is 403 g/mol. The quantitative estimate of drug-likeness (QED) is 0.587. The summed E-state index contributed by atoms with van der Waals surface area (Å²) in [6.45, 7) is -0.489. The smallest absolute Gasteiger partial charge is 0.334 e. The first-order chi connectivity index (χ1) is 14.5. The standard InChI is InChI=1S/C21H17N5O4/c1-5-11-26-20(27)18-19(25(12-10-22)21(26)28)23-17(24(18)2)9-7-14-6-8-15(29-3)16(13-14)30-4/h1,6,8,13H,11-12H2,2-4H3. The first kappa shape index (κ1) is 20.3. The summed E-state index contributed by atoms with van der Waals surface area (Å²) in [5.74, 6) is 9.47. The van der Waals surface area contributed by atoms with Crippen molar-refractivity contribution < 1.29 is 9.47 Å². The third kappa shape index (κ3) is 3.39. The molecule has 3 aromatic rings. The predicted octanol–water partition coefficient (Wildman–Crippen LogP) is 0.470. The average Bonchev–Trinajstić information content (AvgIpc) is 3.08. The molecule has 0 N–H and O–H groups in total. The van der Waals surface area contributed by atoms with E-state index in [1.165, 1.54) is 18.8 Å². The molecule has 0 aliphatic rings. The third-order valence-electron chi connectivity index (χ3n) is 4.42. The number of hydrogen-bond acceptors (Lipinski definition) is 6. The SMILES string of the molecule is C#CCn1c(=O)c2c(nc(C#Cc3ccc(OC)c(OC)c3)n2C)n(CC#N)c1=O. The van der Waals surface area contributed by atoms with Gasteiger partial charge in [-0.15, -0.1) is 6.42 Å². The highest BCUT2D eigenvalue weighted by Gasteiger charge is 2.19. The minimum absolute atomic E-state index is 0.0823. The fourth-order valence-corrected chi connectivity index (χ4v) is 2.96. The maximum absolute atomic E-state index is 12.8. The highest BCUT2D eigenvalue weighted by Crippen LogP contribution is 2.27. The van der Waals surface area contributed by atoms with Gasteiger partial charge in [0.15, 0.2) is 28.5 Å².